The number of benzene rings is 3. The number of hydrogen-bond donors (Lipinski definition) is 0. The molecule has 4 nitrogen and oxygen atoms in total. The highest BCUT2D eigenvalue weighted by Gasteiger charge is 2.18. The Balaban J connectivity index is 1.61. The predicted octanol–water partition coefficient (Wildman–Crippen LogP) is 6.68. The first-order chi connectivity index (χ1) is 15.7. The Morgan fingerprint density at radius 1 is 0.969 bits per heavy atom. The molecule has 1 amide bonds. The third kappa shape index (κ3) is 3.66. The lowest BCUT2D eigenvalue weighted by molar-refractivity contribution is -0.126. The number of allylic oxidation sites excluding steroid dienone is 1. The third-order valence-electron chi connectivity index (χ3n) is 6.41. The number of ether oxygens (including phenoxy) is 1. The number of fused-ring (bicyclic) bond motifs is 2. The number of rotatable bonds is 4. The highest BCUT2D eigenvalue weighted by atomic mass is 16.5. The quantitative estimate of drug-likeness (QED) is 0.343. The Morgan fingerprint density at radius 2 is 1.75 bits per heavy atom. The zero-order valence-electron chi connectivity index (χ0n) is 18.6. The fourth-order valence-corrected chi connectivity index (χ4v) is 4.67. The van der Waals surface area contributed by atoms with Crippen LogP contribution in [0.1, 0.15) is 31.7 Å². The van der Waals surface area contributed by atoms with Gasteiger partial charge in [-0.2, -0.15) is 0 Å². The van der Waals surface area contributed by atoms with E-state index < -0.39 is 0 Å². The molecule has 0 N–H and O–H groups in total. The molecule has 0 spiro atoms. The minimum absolute atomic E-state index is 0.0748. The average Bonchev–Trinajstić information content (AvgIpc) is 3.26. The van der Waals surface area contributed by atoms with Gasteiger partial charge < -0.3 is 14.1 Å². The highest BCUT2D eigenvalue weighted by molar-refractivity contribution is 6.06. The molecular formula is C28H27NO3. The van der Waals surface area contributed by atoms with E-state index in [4.69, 9.17) is 9.15 Å². The number of amides is 1. The first-order valence-corrected chi connectivity index (χ1v) is 11.2. The minimum Gasteiger partial charge on any atom is -0.496 e. The molecule has 0 radical (unpaired) electrons. The Hall–Kier alpha value is -3.53. The summed E-state index contributed by atoms with van der Waals surface area (Å²) in [5.74, 6) is 0.780. The lowest BCUT2D eigenvalue weighted by Crippen LogP contribution is -2.34. The van der Waals surface area contributed by atoms with Gasteiger partial charge in [0.2, 0.25) is 5.91 Å². The van der Waals surface area contributed by atoms with E-state index in [2.05, 4.69) is 48.5 Å². The number of nitrogens with zero attached hydrogens (tertiary/aromatic N) is 1. The molecule has 32 heavy (non-hydrogen) atoms. The molecule has 1 aliphatic rings. The van der Waals surface area contributed by atoms with E-state index in [1.54, 1.807) is 13.2 Å². The summed E-state index contributed by atoms with van der Waals surface area (Å²) in [4.78, 5) is 14.8. The van der Waals surface area contributed by atoms with Gasteiger partial charge in [-0.25, -0.2) is 0 Å². The molecule has 3 aromatic carbocycles. The summed E-state index contributed by atoms with van der Waals surface area (Å²) < 4.78 is 11.6. The second-order valence-electron chi connectivity index (χ2n) is 8.44. The van der Waals surface area contributed by atoms with Crippen molar-refractivity contribution in [1.82, 2.24) is 4.90 Å². The second-order valence-corrected chi connectivity index (χ2v) is 8.44. The predicted molar refractivity (Wildman–Crippen MR) is 130 cm³/mol. The standard InChI is InChI=1S/C28H27NO3/c1-19(15-28(30)29-13-6-3-7-14-29)23-16-24-25(18-32-27(24)17-26(23)31-2)22-12-8-10-20-9-4-5-11-21(20)22/h4-5,8-12,15-18H,3,6-7,13-14H2,1-2H3/b19-15+. The maximum Gasteiger partial charge on any atom is 0.246 e. The minimum atomic E-state index is 0.0748. The Bertz CT molecular complexity index is 1320. The maximum absolute atomic E-state index is 12.8. The van der Waals surface area contributed by atoms with Gasteiger partial charge in [-0.05, 0) is 54.2 Å². The Kier molecular flexibility index (Phi) is 5.44. The summed E-state index contributed by atoms with van der Waals surface area (Å²) in [7, 11) is 1.65. The van der Waals surface area contributed by atoms with Crippen molar-refractivity contribution >= 4 is 33.2 Å². The molecule has 0 saturated carbocycles. The van der Waals surface area contributed by atoms with Crippen molar-refractivity contribution in [3.63, 3.8) is 0 Å². The summed E-state index contributed by atoms with van der Waals surface area (Å²) in [6.07, 6.45) is 6.92. The van der Waals surface area contributed by atoms with E-state index in [0.29, 0.717) is 5.75 Å². The third-order valence-corrected chi connectivity index (χ3v) is 6.41. The van der Waals surface area contributed by atoms with Crippen molar-refractivity contribution in [2.24, 2.45) is 0 Å². The Labute approximate surface area is 188 Å². The molecule has 0 bridgehead atoms. The lowest BCUT2D eigenvalue weighted by atomic mass is 9.96. The smallest absolute Gasteiger partial charge is 0.246 e. The highest BCUT2D eigenvalue weighted by Crippen LogP contribution is 2.39. The number of methoxy groups -OCH3 is 1. The maximum atomic E-state index is 12.8. The first kappa shape index (κ1) is 20.4. The molecule has 5 rings (SSSR count). The SMILES string of the molecule is COc1cc2occ(-c3cccc4ccccc34)c2cc1/C(C)=C/C(=O)N1CCCCC1. The van der Waals surface area contributed by atoms with Crippen molar-refractivity contribution in [3.05, 3.63) is 72.5 Å². The van der Waals surface area contributed by atoms with E-state index in [1.807, 2.05) is 24.2 Å². The molecule has 4 aromatic rings. The van der Waals surface area contributed by atoms with E-state index in [9.17, 15) is 4.79 Å². The largest absolute Gasteiger partial charge is 0.496 e. The van der Waals surface area contributed by atoms with Gasteiger partial charge in [-0.15, -0.1) is 0 Å². The van der Waals surface area contributed by atoms with Crippen LogP contribution in [-0.2, 0) is 4.79 Å². The molecule has 0 atom stereocenters. The normalized spacial score (nSPS) is 14.8. The summed E-state index contributed by atoms with van der Waals surface area (Å²) in [5.41, 5.74) is 4.74. The molecule has 1 aromatic heterocycles. The summed E-state index contributed by atoms with van der Waals surface area (Å²) >= 11 is 0. The zero-order valence-corrected chi connectivity index (χ0v) is 18.6. The Morgan fingerprint density at radius 3 is 2.56 bits per heavy atom. The van der Waals surface area contributed by atoms with Crippen molar-refractivity contribution in [1.29, 1.82) is 0 Å². The van der Waals surface area contributed by atoms with Gasteiger partial charge in [0.05, 0.1) is 13.4 Å². The summed E-state index contributed by atoms with van der Waals surface area (Å²) in [6, 6.07) is 18.7. The summed E-state index contributed by atoms with van der Waals surface area (Å²) in [5, 5.41) is 3.38. The molecule has 1 aliphatic heterocycles. The van der Waals surface area contributed by atoms with E-state index in [-0.39, 0.29) is 5.91 Å². The van der Waals surface area contributed by atoms with Crippen LogP contribution in [0.4, 0.5) is 0 Å². The topological polar surface area (TPSA) is 42.7 Å². The number of likely N-dealkylation sites (tertiary alicyclic amines) is 1. The van der Waals surface area contributed by atoms with Gasteiger partial charge in [0.1, 0.15) is 11.3 Å². The van der Waals surface area contributed by atoms with Crippen LogP contribution in [0.3, 0.4) is 0 Å². The molecule has 0 aliphatic carbocycles. The molecule has 2 heterocycles. The molecular weight excluding hydrogens is 398 g/mol. The van der Waals surface area contributed by atoms with Gasteiger partial charge in [0.25, 0.3) is 0 Å². The van der Waals surface area contributed by atoms with Crippen molar-refractivity contribution < 1.29 is 13.9 Å². The van der Waals surface area contributed by atoms with Crippen molar-refractivity contribution in [2.45, 2.75) is 26.2 Å². The van der Waals surface area contributed by atoms with Gasteiger partial charge in [-0.1, -0.05) is 42.5 Å². The zero-order chi connectivity index (χ0) is 22.1. The van der Waals surface area contributed by atoms with Crippen molar-refractivity contribution in [2.75, 3.05) is 20.2 Å². The van der Waals surface area contributed by atoms with Crippen LogP contribution in [-0.4, -0.2) is 31.0 Å². The van der Waals surface area contributed by atoms with Crippen LogP contribution in [0.5, 0.6) is 5.75 Å². The lowest BCUT2D eigenvalue weighted by Gasteiger charge is -2.25. The van der Waals surface area contributed by atoms with Crippen LogP contribution in [0.2, 0.25) is 0 Å². The van der Waals surface area contributed by atoms with Crippen LogP contribution in [0.25, 0.3) is 38.4 Å². The molecule has 1 saturated heterocycles. The fourth-order valence-electron chi connectivity index (χ4n) is 4.67. The van der Waals surface area contributed by atoms with Gasteiger partial charge in [-0.3, -0.25) is 4.79 Å². The van der Waals surface area contributed by atoms with Gasteiger partial charge >= 0.3 is 0 Å². The van der Waals surface area contributed by atoms with Crippen LogP contribution >= 0.6 is 0 Å². The van der Waals surface area contributed by atoms with Crippen molar-refractivity contribution in [3.8, 4) is 16.9 Å². The number of furan rings is 1. The van der Waals surface area contributed by atoms with Crippen LogP contribution < -0.4 is 4.74 Å². The molecule has 162 valence electrons. The van der Waals surface area contributed by atoms with E-state index in [0.717, 1.165) is 59.2 Å². The number of piperidine rings is 1. The van der Waals surface area contributed by atoms with Crippen LogP contribution in [0.15, 0.2) is 71.4 Å². The fraction of sp³-hybridized carbons (Fsp3) is 0.250. The van der Waals surface area contributed by atoms with Gasteiger partial charge in [0.15, 0.2) is 0 Å². The molecule has 1 fully saturated rings. The first-order valence-electron chi connectivity index (χ1n) is 11.2. The summed E-state index contributed by atoms with van der Waals surface area (Å²) in [6.45, 7) is 3.65. The number of hydrogen-bond acceptors (Lipinski definition) is 3. The monoisotopic (exact) mass is 425 g/mol. The number of carbonyl (C=O) groups is 1. The second kappa shape index (κ2) is 8.54. The molecule has 0 unspecified atom stereocenters. The average molecular weight is 426 g/mol. The van der Waals surface area contributed by atoms with Gasteiger partial charge in [0, 0.05) is 41.7 Å². The molecule has 4 heteroatoms. The van der Waals surface area contributed by atoms with E-state index in [1.165, 1.54) is 17.2 Å². The van der Waals surface area contributed by atoms with E-state index >= 15 is 0 Å². The number of carbonyl (C=O) groups excluding carboxylic acids is 1. The van der Waals surface area contributed by atoms with Crippen LogP contribution in [0, 0.1) is 0 Å².